The molecule has 0 heterocycles. The molecule has 0 aromatic heterocycles. The normalized spacial score (nSPS) is 15.0. The molecular formula is C18H22Cl2NO3P. The Kier molecular flexibility index (Phi) is 6.58. The molecule has 0 aliphatic heterocycles. The van der Waals surface area contributed by atoms with Crippen molar-refractivity contribution in [3.63, 3.8) is 0 Å². The van der Waals surface area contributed by atoms with Gasteiger partial charge in [0.1, 0.15) is 0 Å². The standard InChI is InChI=1S/C18H22Cl2NO3P/c1-12(2)24-25(23,15-8-6-14(7-9-15)21(3)4)18(22)16-10-5-13(19)11-17(16)20/h5-12,18,22H,1-4H3/t18-,25+/m0/s1. The Morgan fingerprint density at radius 2 is 1.68 bits per heavy atom. The Bertz CT molecular complexity index is 778. The van der Waals surface area contributed by atoms with Gasteiger partial charge in [0.15, 0.2) is 5.85 Å². The first kappa shape index (κ1) is 20.3. The highest BCUT2D eigenvalue weighted by molar-refractivity contribution is 7.67. The lowest BCUT2D eigenvalue weighted by atomic mass is 10.2. The molecule has 0 unspecified atom stereocenters. The van der Waals surface area contributed by atoms with Crippen LogP contribution in [0, 0.1) is 0 Å². The van der Waals surface area contributed by atoms with Crippen LogP contribution in [0.4, 0.5) is 5.69 Å². The molecule has 0 aliphatic carbocycles. The van der Waals surface area contributed by atoms with Crippen LogP contribution in [0.1, 0.15) is 25.3 Å². The fourth-order valence-electron chi connectivity index (χ4n) is 2.43. The minimum atomic E-state index is -3.62. The predicted molar refractivity (Wildman–Crippen MR) is 106 cm³/mol. The maximum atomic E-state index is 13.7. The lowest BCUT2D eigenvalue weighted by molar-refractivity contribution is 0.189. The van der Waals surface area contributed by atoms with Gasteiger partial charge >= 0.3 is 0 Å². The Morgan fingerprint density at radius 1 is 1.08 bits per heavy atom. The van der Waals surface area contributed by atoms with Crippen LogP contribution in [0.15, 0.2) is 42.5 Å². The van der Waals surface area contributed by atoms with E-state index in [2.05, 4.69) is 0 Å². The molecule has 0 saturated carbocycles. The Morgan fingerprint density at radius 3 is 2.16 bits per heavy atom. The average Bonchev–Trinajstić information content (AvgIpc) is 2.53. The second-order valence-electron chi connectivity index (χ2n) is 6.20. The van der Waals surface area contributed by atoms with Gasteiger partial charge in [0.05, 0.1) is 6.10 Å². The molecule has 2 aromatic rings. The summed E-state index contributed by atoms with van der Waals surface area (Å²) in [4.78, 5) is 1.94. The monoisotopic (exact) mass is 401 g/mol. The Labute approximate surface area is 158 Å². The summed E-state index contributed by atoms with van der Waals surface area (Å²) in [6.45, 7) is 3.55. The molecule has 0 bridgehead atoms. The smallest absolute Gasteiger partial charge is 0.264 e. The van der Waals surface area contributed by atoms with Gasteiger partial charge in [-0.15, -0.1) is 0 Å². The van der Waals surface area contributed by atoms with Crippen molar-refractivity contribution in [2.45, 2.75) is 25.8 Å². The predicted octanol–water partition coefficient (Wildman–Crippen LogP) is 5.08. The topological polar surface area (TPSA) is 49.8 Å². The van der Waals surface area contributed by atoms with Crippen LogP contribution in [-0.2, 0) is 9.09 Å². The molecule has 1 N–H and O–H groups in total. The summed E-state index contributed by atoms with van der Waals surface area (Å²) < 4.78 is 19.4. The van der Waals surface area contributed by atoms with Crippen molar-refractivity contribution >= 4 is 41.6 Å². The highest BCUT2D eigenvalue weighted by Crippen LogP contribution is 2.59. The SMILES string of the molecule is CC(C)O[P@](=O)(c1ccc(N(C)C)cc1)[C@H](O)c1ccc(Cl)cc1Cl. The molecule has 4 nitrogen and oxygen atoms in total. The maximum Gasteiger partial charge on any atom is 0.264 e. The van der Waals surface area contributed by atoms with E-state index in [9.17, 15) is 9.67 Å². The van der Waals surface area contributed by atoms with Gasteiger partial charge in [0.25, 0.3) is 7.37 Å². The summed E-state index contributed by atoms with van der Waals surface area (Å²) in [6, 6.07) is 11.8. The molecule has 0 radical (unpaired) electrons. The van der Waals surface area contributed by atoms with E-state index < -0.39 is 13.2 Å². The van der Waals surface area contributed by atoms with E-state index in [1.54, 1.807) is 38.1 Å². The third kappa shape index (κ3) is 4.58. The zero-order chi connectivity index (χ0) is 18.8. The van der Waals surface area contributed by atoms with Crippen LogP contribution in [0.2, 0.25) is 10.0 Å². The van der Waals surface area contributed by atoms with Crippen molar-refractivity contribution < 1.29 is 14.2 Å². The number of benzene rings is 2. The van der Waals surface area contributed by atoms with Crippen LogP contribution in [0.5, 0.6) is 0 Å². The van der Waals surface area contributed by atoms with Crippen molar-refractivity contribution in [2.24, 2.45) is 0 Å². The summed E-state index contributed by atoms with van der Waals surface area (Å²) in [7, 11) is 0.213. The summed E-state index contributed by atoms with van der Waals surface area (Å²) in [6.07, 6.45) is -0.333. The number of halogens is 2. The fourth-order valence-corrected chi connectivity index (χ4v) is 5.32. The molecule has 0 aliphatic rings. The van der Waals surface area contributed by atoms with Crippen molar-refractivity contribution in [3.05, 3.63) is 58.1 Å². The first-order chi connectivity index (χ1) is 11.6. The van der Waals surface area contributed by atoms with E-state index in [4.69, 9.17) is 27.7 Å². The van der Waals surface area contributed by atoms with Gasteiger partial charge < -0.3 is 14.5 Å². The van der Waals surface area contributed by atoms with E-state index in [1.165, 1.54) is 6.07 Å². The quantitative estimate of drug-likeness (QED) is 0.685. The number of hydrogen-bond acceptors (Lipinski definition) is 4. The highest BCUT2D eigenvalue weighted by atomic mass is 35.5. The van der Waals surface area contributed by atoms with E-state index in [-0.39, 0.29) is 11.1 Å². The van der Waals surface area contributed by atoms with Crippen molar-refractivity contribution in [1.82, 2.24) is 0 Å². The largest absolute Gasteiger partial charge is 0.378 e. The molecule has 136 valence electrons. The number of anilines is 1. The van der Waals surface area contributed by atoms with Gasteiger partial charge in [-0.25, -0.2) is 0 Å². The van der Waals surface area contributed by atoms with E-state index >= 15 is 0 Å². The number of hydrogen-bond donors (Lipinski definition) is 1. The first-order valence-electron chi connectivity index (χ1n) is 7.84. The molecule has 0 fully saturated rings. The molecule has 2 atom stereocenters. The number of aliphatic hydroxyl groups is 1. The van der Waals surface area contributed by atoms with Crippen LogP contribution >= 0.6 is 30.6 Å². The minimum absolute atomic E-state index is 0.248. The van der Waals surface area contributed by atoms with E-state index in [0.29, 0.717) is 15.9 Å². The van der Waals surface area contributed by atoms with E-state index in [1.807, 2.05) is 31.1 Å². The summed E-state index contributed by atoms with van der Waals surface area (Å²) in [5.41, 5.74) is 1.28. The lowest BCUT2D eigenvalue weighted by Gasteiger charge is -2.27. The van der Waals surface area contributed by atoms with Gasteiger partial charge in [0, 0.05) is 40.7 Å². The molecule has 7 heteroatoms. The van der Waals surface area contributed by atoms with Gasteiger partial charge in [-0.2, -0.15) is 0 Å². The Balaban J connectivity index is 2.51. The zero-order valence-corrected chi connectivity index (χ0v) is 17.0. The molecule has 2 aromatic carbocycles. The van der Waals surface area contributed by atoms with Gasteiger partial charge in [-0.3, -0.25) is 4.57 Å². The van der Waals surface area contributed by atoms with Crippen molar-refractivity contribution in [3.8, 4) is 0 Å². The van der Waals surface area contributed by atoms with Crippen LogP contribution in [-0.4, -0.2) is 25.3 Å². The van der Waals surface area contributed by atoms with Crippen molar-refractivity contribution in [1.29, 1.82) is 0 Å². The van der Waals surface area contributed by atoms with Gasteiger partial charge in [-0.1, -0.05) is 29.3 Å². The summed E-state index contributed by atoms with van der Waals surface area (Å²) in [5, 5.41) is 12.0. The number of rotatable bonds is 6. The molecule has 0 spiro atoms. The second-order valence-corrected chi connectivity index (χ2v) is 9.46. The lowest BCUT2D eigenvalue weighted by Crippen LogP contribution is -2.18. The first-order valence-corrected chi connectivity index (χ1v) is 10.3. The molecule has 0 amide bonds. The zero-order valence-electron chi connectivity index (χ0n) is 14.6. The molecule has 2 rings (SSSR count). The summed E-state index contributed by atoms with van der Waals surface area (Å²) in [5.74, 6) is -1.38. The number of aliphatic hydroxyl groups excluding tert-OH is 1. The van der Waals surface area contributed by atoms with Crippen LogP contribution in [0.3, 0.4) is 0 Å². The fraction of sp³-hybridized carbons (Fsp3) is 0.333. The second kappa shape index (κ2) is 8.11. The highest BCUT2D eigenvalue weighted by Gasteiger charge is 2.38. The molecule has 25 heavy (non-hydrogen) atoms. The average molecular weight is 402 g/mol. The van der Waals surface area contributed by atoms with Crippen LogP contribution < -0.4 is 10.2 Å². The minimum Gasteiger partial charge on any atom is -0.378 e. The molecule has 0 saturated heterocycles. The van der Waals surface area contributed by atoms with Crippen LogP contribution in [0.25, 0.3) is 0 Å². The van der Waals surface area contributed by atoms with Gasteiger partial charge in [-0.05, 0) is 50.2 Å². The number of nitrogens with zero attached hydrogens (tertiary/aromatic N) is 1. The van der Waals surface area contributed by atoms with Crippen molar-refractivity contribution in [2.75, 3.05) is 19.0 Å². The van der Waals surface area contributed by atoms with E-state index in [0.717, 1.165) is 5.69 Å². The summed E-state index contributed by atoms with van der Waals surface area (Å²) >= 11 is 12.1. The molecular weight excluding hydrogens is 380 g/mol. The maximum absolute atomic E-state index is 13.7. The third-order valence-electron chi connectivity index (χ3n) is 3.66. The Hall–Kier alpha value is -1.03. The third-order valence-corrected chi connectivity index (χ3v) is 6.89. The van der Waals surface area contributed by atoms with Gasteiger partial charge in [0.2, 0.25) is 0 Å².